The number of hydrogen-bond acceptors (Lipinski definition) is 6. The minimum atomic E-state index is -0.859. The van der Waals surface area contributed by atoms with Crippen LogP contribution in [0, 0.1) is 0 Å². The van der Waals surface area contributed by atoms with E-state index in [0.29, 0.717) is 29.9 Å². The molecule has 3 fully saturated rings. The number of benzene rings is 2. The summed E-state index contributed by atoms with van der Waals surface area (Å²) < 4.78 is 9.78. The maximum absolute atomic E-state index is 12.6. The molecular weight excluding hydrogens is 609 g/mol. The van der Waals surface area contributed by atoms with Crippen molar-refractivity contribution in [2.24, 2.45) is 7.05 Å². The first-order valence-corrected chi connectivity index (χ1v) is 18.0. The third kappa shape index (κ3) is 6.27. The summed E-state index contributed by atoms with van der Waals surface area (Å²) in [5.41, 5.74) is 7.87. The second-order valence-corrected chi connectivity index (χ2v) is 14.8. The number of thiophene rings is 1. The lowest BCUT2D eigenvalue weighted by Crippen LogP contribution is -2.42. The van der Waals surface area contributed by atoms with Gasteiger partial charge >= 0.3 is 5.97 Å². The zero-order valence-corrected chi connectivity index (χ0v) is 28.7. The number of rotatable bonds is 9. The first kappa shape index (κ1) is 31.8. The number of hydrogen-bond donors (Lipinski definition) is 1. The highest BCUT2D eigenvalue weighted by Gasteiger charge is 2.29. The Morgan fingerprint density at radius 2 is 1.70 bits per heavy atom. The van der Waals surface area contributed by atoms with Crippen LogP contribution in [-0.4, -0.2) is 66.2 Å². The molecule has 2 saturated heterocycles. The van der Waals surface area contributed by atoms with Crippen molar-refractivity contribution in [3.8, 4) is 17.0 Å². The van der Waals surface area contributed by atoms with Gasteiger partial charge < -0.3 is 29.1 Å². The number of carboxylic acids is 1. The van der Waals surface area contributed by atoms with Crippen LogP contribution in [-0.2, 0) is 18.4 Å². The van der Waals surface area contributed by atoms with E-state index >= 15 is 0 Å². The Morgan fingerprint density at radius 1 is 0.957 bits per heavy atom. The van der Waals surface area contributed by atoms with Gasteiger partial charge in [-0.25, -0.2) is 4.79 Å². The molecule has 1 amide bonds. The Labute approximate surface area is 281 Å². The number of nitrogens with zero attached hydrogens (tertiary/aromatic N) is 4. The number of anilines is 2. The number of carbonyl (C=O) groups excluding carboxylic acids is 1. The number of carbonyl (C=O) groups is 2. The molecule has 1 saturated carbocycles. The average molecular weight is 655 g/mol. The van der Waals surface area contributed by atoms with E-state index in [4.69, 9.17) is 4.74 Å². The van der Waals surface area contributed by atoms with Crippen LogP contribution < -0.4 is 14.5 Å². The molecular formula is C38H46N4O4S. The van der Waals surface area contributed by atoms with Crippen molar-refractivity contribution in [1.82, 2.24) is 9.47 Å². The van der Waals surface area contributed by atoms with E-state index in [1.807, 2.05) is 11.0 Å². The summed E-state index contributed by atoms with van der Waals surface area (Å²) in [7, 11) is 6.40. The highest BCUT2D eigenvalue weighted by molar-refractivity contribution is 7.21. The molecule has 8 nitrogen and oxygen atoms in total. The van der Waals surface area contributed by atoms with Crippen molar-refractivity contribution >= 4 is 44.8 Å². The minimum absolute atomic E-state index is 0.194. The largest absolute Gasteiger partial charge is 0.489 e. The van der Waals surface area contributed by atoms with Gasteiger partial charge in [0, 0.05) is 56.1 Å². The summed E-state index contributed by atoms with van der Waals surface area (Å²) in [4.78, 5) is 31.5. The predicted octanol–water partition coefficient (Wildman–Crippen LogP) is 7.89. The van der Waals surface area contributed by atoms with Gasteiger partial charge in [0.2, 0.25) is 5.91 Å². The number of amides is 1. The standard InChI is InChI=1S/C38H46N4O4S/c1-39(2)28-17-20-41(21-18-28)31-16-13-29(42-19-7-10-34(42)43)22-27(31)24-46-30-14-11-26(12-15-30)36-35(25-8-5-4-6-9-25)37-32(40(36)3)23-33(47-37)38(44)45/h11-16,22-23,25,28H,4-10,17-21,24H2,1-3H3,(H,44,45). The maximum atomic E-state index is 12.6. The molecule has 248 valence electrons. The fourth-order valence-electron chi connectivity index (χ4n) is 8.04. The van der Waals surface area contributed by atoms with E-state index in [1.54, 1.807) is 0 Å². The number of carboxylic acid groups (broad SMARTS) is 1. The second kappa shape index (κ2) is 13.4. The molecule has 4 aromatic rings. The van der Waals surface area contributed by atoms with E-state index < -0.39 is 5.97 Å². The SMILES string of the molecule is CN(C)C1CCN(c2ccc(N3CCCC3=O)cc2COc2ccc(-c3c(C4CCCCC4)c4sc(C(=O)O)cc4n3C)cc2)CC1. The van der Waals surface area contributed by atoms with Crippen LogP contribution in [0.3, 0.4) is 0 Å². The Hall–Kier alpha value is -3.82. The van der Waals surface area contributed by atoms with E-state index in [1.165, 1.54) is 47.5 Å². The molecule has 0 unspecified atom stereocenters. The summed E-state index contributed by atoms with van der Waals surface area (Å²) in [6, 6.07) is 17.3. The van der Waals surface area contributed by atoms with Crippen LogP contribution in [0.1, 0.15) is 84.5 Å². The van der Waals surface area contributed by atoms with Gasteiger partial charge in [0.15, 0.2) is 0 Å². The van der Waals surface area contributed by atoms with Crippen molar-refractivity contribution in [1.29, 1.82) is 0 Å². The number of aromatic nitrogens is 1. The third-order valence-electron chi connectivity index (χ3n) is 10.6. The monoisotopic (exact) mass is 654 g/mol. The smallest absolute Gasteiger partial charge is 0.345 e. The van der Waals surface area contributed by atoms with Crippen molar-refractivity contribution in [2.45, 2.75) is 76.4 Å². The van der Waals surface area contributed by atoms with Crippen LogP contribution >= 0.6 is 11.3 Å². The molecule has 7 rings (SSSR count). The van der Waals surface area contributed by atoms with Gasteiger partial charge in [-0.2, -0.15) is 0 Å². The van der Waals surface area contributed by atoms with Gasteiger partial charge in [-0.3, -0.25) is 4.79 Å². The fourth-order valence-corrected chi connectivity index (χ4v) is 9.19. The quantitative estimate of drug-likeness (QED) is 0.198. The fraction of sp³-hybridized carbons (Fsp3) is 0.474. The highest BCUT2D eigenvalue weighted by Crippen LogP contribution is 2.46. The third-order valence-corrected chi connectivity index (χ3v) is 11.8. The highest BCUT2D eigenvalue weighted by atomic mass is 32.1. The van der Waals surface area contributed by atoms with E-state index in [9.17, 15) is 14.7 Å². The Morgan fingerprint density at radius 3 is 2.36 bits per heavy atom. The molecule has 9 heteroatoms. The molecule has 0 radical (unpaired) electrons. The lowest BCUT2D eigenvalue weighted by atomic mass is 9.83. The van der Waals surface area contributed by atoms with Crippen molar-refractivity contribution in [3.63, 3.8) is 0 Å². The molecule has 47 heavy (non-hydrogen) atoms. The average Bonchev–Trinajstić information content (AvgIpc) is 3.79. The lowest BCUT2D eigenvalue weighted by molar-refractivity contribution is -0.117. The van der Waals surface area contributed by atoms with Gasteiger partial charge in [0.1, 0.15) is 17.2 Å². The molecule has 3 aliphatic rings. The van der Waals surface area contributed by atoms with Crippen LogP contribution in [0.4, 0.5) is 11.4 Å². The minimum Gasteiger partial charge on any atom is -0.489 e. The Bertz CT molecular complexity index is 1760. The van der Waals surface area contributed by atoms with Crippen molar-refractivity contribution in [2.75, 3.05) is 43.5 Å². The van der Waals surface area contributed by atoms with Gasteiger partial charge in [0.05, 0.1) is 15.9 Å². The van der Waals surface area contributed by atoms with Crippen LogP contribution in [0.5, 0.6) is 5.75 Å². The summed E-state index contributed by atoms with van der Waals surface area (Å²) in [5, 5.41) is 9.72. The summed E-state index contributed by atoms with van der Waals surface area (Å²) in [6.07, 6.45) is 9.75. The molecule has 4 heterocycles. The van der Waals surface area contributed by atoms with Gasteiger partial charge in [-0.1, -0.05) is 19.3 Å². The first-order chi connectivity index (χ1) is 22.8. The zero-order chi connectivity index (χ0) is 32.7. The lowest BCUT2D eigenvalue weighted by Gasteiger charge is -2.37. The van der Waals surface area contributed by atoms with Crippen molar-refractivity contribution < 1.29 is 19.4 Å². The van der Waals surface area contributed by atoms with Crippen molar-refractivity contribution in [3.05, 3.63) is 64.5 Å². The maximum Gasteiger partial charge on any atom is 0.345 e. The molecule has 2 aliphatic heterocycles. The van der Waals surface area contributed by atoms with Gasteiger partial charge in [0.25, 0.3) is 0 Å². The van der Waals surface area contributed by atoms with E-state index in [0.717, 1.165) is 84.5 Å². The number of piperidine rings is 1. The Kier molecular flexibility index (Phi) is 9.03. The zero-order valence-electron chi connectivity index (χ0n) is 27.8. The summed E-state index contributed by atoms with van der Waals surface area (Å²) >= 11 is 1.41. The topological polar surface area (TPSA) is 78.2 Å². The molecule has 1 N–H and O–H groups in total. The second-order valence-electron chi connectivity index (χ2n) is 13.7. The summed E-state index contributed by atoms with van der Waals surface area (Å²) in [6.45, 7) is 3.19. The molecule has 0 spiro atoms. The van der Waals surface area contributed by atoms with Crippen LogP contribution in [0.25, 0.3) is 21.5 Å². The predicted molar refractivity (Wildman–Crippen MR) is 190 cm³/mol. The molecule has 1 aliphatic carbocycles. The van der Waals surface area contributed by atoms with Gasteiger partial charge in [-0.15, -0.1) is 11.3 Å². The van der Waals surface area contributed by atoms with Crippen LogP contribution in [0.2, 0.25) is 0 Å². The van der Waals surface area contributed by atoms with E-state index in [2.05, 4.69) is 78.0 Å². The number of fused-ring (bicyclic) bond motifs is 1. The number of aromatic carboxylic acids is 1. The molecule has 2 aromatic heterocycles. The molecule has 2 aromatic carbocycles. The van der Waals surface area contributed by atoms with Crippen LogP contribution in [0.15, 0.2) is 48.5 Å². The van der Waals surface area contributed by atoms with E-state index in [-0.39, 0.29) is 5.91 Å². The molecule has 0 atom stereocenters. The Balaban J connectivity index is 1.15. The normalized spacial score (nSPS) is 18.2. The first-order valence-electron chi connectivity index (χ1n) is 17.2. The van der Waals surface area contributed by atoms with Gasteiger partial charge in [-0.05, 0) is 112 Å². The summed E-state index contributed by atoms with van der Waals surface area (Å²) in [5.74, 6) is 0.577. The molecule has 0 bridgehead atoms. The number of ether oxygens (including phenoxy) is 1. The number of aryl methyl sites for hydroxylation is 1.